The van der Waals surface area contributed by atoms with Crippen molar-refractivity contribution >= 4 is 11.6 Å². The monoisotopic (exact) mass is 780 g/mol. The maximum atomic E-state index is 11.3. The summed E-state index contributed by atoms with van der Waals surface area (Å²) in [7, 11) is 0. The smallest absolute Gasteiger partial charge is 0.236 e. The molecule has 0 saturated heterocycles. The molecule has 6 heterocycles. The largest absolute Gasteiger partial charge is 0.486 e. The van der Waals surface area contributed by atoms with Gasteiger partial charge >= 0.3 is 0 Å². The first-order chi connectivity index (χ1) is 26.7. The van der Waals surface area contributed by atoms with Gasteiger partial charge in [-0.2, -0.15) is 5.10 Å². The van der Waals surface area contributed by atoms with E-state index in [4.69, 9.17) is 23.7 Å². The second-order valence-corrected chi connectivity index (χ2v) is 19.0. The van der Waals surface area contributed by atoms with Crippen LogP contribution in [0.2, 0.25) is 0 Å². The van der Waals surface area contributed by atoms with Crippen LogP contribution in [0.3, 0.4) is 0 Å². The van der Waals surface area contributed by atoms with E-state index in [0.717, 1.165) is 71.8 Å². The van der Waals surface area contributed by atoms with Gasteiger partial charge in [-0.15, -0.1) is 5.10 Å². The summed E-state index contributed by atoms with van der Waals surface area (Å²) in [6, 6.07) is 16.7. The van der Waals surface area contributed by atoms with Crippen molar-refractivity contribution in [1.82, 2.24) is 15.2 Å². The molecule has 4 aliphatic rings. The normalized spacial score (nSPS) is 15.6. The number of anilines is 1. The summed E-state index contributed by atoms with van der Waals surface area (Å²) in [6.07, 6.45) is 5.37. The SMILES string of the molecule is CC(C)(C)c1cc2c(cn1)OCCO2.CC(C)(C)c1cc2c(nn1)OCCC2.CC(C)(C)c1ccc2c(c1)NC(=O)CC2.CC(C)(C)c1ccc2c(c1)OCCO2. The minimum Gasteiger partial charge on any atom is -0.486 e. The Bertz CT molecular complexity index is 1830. The molecule has 2 aromatic carbocycles. The van der Waals surface area contributed by atoms with E-state index in [2.05, 4.69) is 140 Å². The van der Waals surface area contributed by atoms with Gasteiger partial charge in [-0.1, -0.05) is 101 Å². The second kappa shape index (κ2) is 17.7. The number of carbonyl (C=O) groups is 1. The topological polar surface area (TPSA) is 114 Å². The van der Waals surface area contributed by atoms with E-state index in [1.54, 1.807) is 6.20 Å². The molecule has 8 rings (SSSR count). The molecule has 1 N–H and O–H groups in total. The Hall–Kier alpha value is -4.86. The lowest BCUT2D eigenvalue weighted by Crippen LogP contribution is -2.20. The second-order valence-electron chi connectivity index (χ2n) is 19.0. The lowest BCUT2D eigenvalue weighted by Gasteiger charge is -2.23. The number of aryl methyl sites for hydroxylation is 2. The molecular formula is C47H64N4O6. The molecule has 0 saturated carbocycles. The summed E-state index contributed by atoms with van der Waals surface area (Å²) >= 11 is 0. The van der Waals surface area contributed by atoms with Crippen LogP contribution in [0, 0.1) is 0 Å². The van der Waals surface area contributed by atoms with Crippen molar-refractivity contribution < 1.29 is 28.5 Å². The Balaban J connectivity index is 0.000000145. The standard InChI is InChI=1S/C13H17NO.C12H16O2.C11H16N2O.C11H15NO2/c1-13(2,3)10-6-4-9-5-7-12(15)14-11(9)8-10;1-12(2,3)9-4-5-10-11(8-9)14-7-6-13-10;1-11(2,3)9-7-8-5-4-6-14-10(8)13-12-9;1-11(2,3)10-6-8-9(7-12-10)14-5-4-13-8/h4,6,8H,5,7H2,1-3H3,(H,14,15);4-5,8H,6-7H2,1-3H3;7H,4-6H2,1-3H3;6-7H,4-5H2,1-3H3. The molecule has 57 heavy (non-hydrogen) atoms. The molecule has 1 amide bonds. The van der Waals surface area contributed by atoms with E-state index in [9.17, 15) is 4.79 Å². The molecule has 0 aliphatic carbocycles. The van der Waals surface area contributed by atoms with Crippen LogP contribution in [-0.2, 0) is 39.3 Å². The van der Waals surface area contributed by atoms with Gasteiger partial charge in [-0.25, -0.2) is 0 Å². The van der Waals surface area contributed by atoms with Gasteiger partial charge in [0, 0.05) is 40.3 Å². The summed E-state index contributed by atoms with van der Waals surface area (Å²) < 4.78 is 27.3. The van der Waals surface area contributed by atoms with Crippen molar-refractivity contribution in [3.63, 3.8) is 0 Å². The first-order valence-electron chi connectivity index (χ1n) is 20.3. The molecule has 308 valence electrons. The third kappa shape index (κ3) is 12.1. The summed E-state index contributed by atoms with van der Waals surface area (Å²) in [4.78, 5) is 15.6. The van der Waals surface area contributed by atoms with Gasteiger partial charge in [0.05, 0.1) is 18.5 Å². The van der Waals surface area contributed by atoms with Crippen LogP contribution in [-0.4, -0.2) is 54.1 Å². The summed E-state index contributed by atoms with van der Waals surface area (Å²) in [5.41, 5.74) is 8.49. The van der Waals surface area contributed by atoms with Crippen LogP contribution in [0.25, 0.3) is 0 Å². The summed E-state index contributed by atoms with van der Waals surface area (Å²) in [5, 5.41) is 11.2. The van der Waals surface area contributed by atoms with Crippen molar-refractivity contribution in [3.8, 4) is 28.9 Å². The number of fused-ring (bicyclic) bond motifs is 4. The number of hydrogen-bond acceptors (Lipinski definition) is 9. The molecule has 10 nitrogen and oxygen atoms in total. The van der Waals surface area contributed by atoms with Crippen molar-refractivity contribution in [2.45, 2.75) is 130 Å². The number of hydrogen-bond donors (Lipinski definition) is 1. The number of benzene rings is 2. The number of ether oxygens (including phenoxy) is 5. The molecule has 0 spiro atoms. The molecule has 0 radical (unpaired) electrons. The lowest BCUT2D eigenvalue weighted by atomic mass is 9.85. The highest BCUT2D eigenvalue weighted by Gasteiger charge is 2.23. The highest BCUT2D eigenvalue weighted by molar-refractivity contribution is 5.94. The van der Waals surface area contributed by atoms with Crippen LogP contribution < -0.4 is 29.0 Å². The molecule has 0 unspecified atom stereocenters. The van der Waals surface area contributed by atoms with E-state index in [1.165, 1.54) is 22.3 Å². The van der Waals surface area contributed by atoms with Crippen LogP contribution in [0.5, 0.6) is 28.9 Å². The van der Waals surface area contributed by atoms with Crippen molar-refractivity contribution in [2.24, 2.45) is 0 Å². The summed E-state index contributed by atoms with van der Waals surface area (Å²) in [6.45, 7) is 29.3. The highest BCUT2D eigenvalue weighted by atomic mass is 16.6. The number of rotatable bonds is 0. The lowest BCUT2D eigenvalue weighted by molar-refractivity contribution is -0.116. The molecular weight excluding hydrogens is 717 g/mol. The van der Waals surface area contributed by atoms with Crippen molar-refractivity contribution in [2.75, 3.05) is 38.4 Å². The fourth-order valence-corrected chi connectivity index (χ4v) is 6.22. The van der Waals surface area contributed by atoms with E-state index >= 15 is 0 Å². The van der Waals surface area contributed by atoms with Gasteiger partial charge in [0.25, 0.3) is 0 Å². The quantitative estimate of drug-likeness (QED) is 0.186. The molecule has 2 aromatic heterocycles. The number of nitrogens with zero attached hydrogens (tertiary/aromatic N) is 3. The Labute approximate surface area is 340 Å². The van der Waals surface area contributed by atoms with Crippen LogP contribution >= 0.6 is 0 Å². The minimum absolute atomic E-state index is 0.0514. The predicted molar refractivity (Wildman–Crippen MR) is 227 cm³/mol. The summed E-state index contributed by atoms with van der Waals surface area (Å²) in [5.74, 6) is 4.17. The number of nitrogens with one attached hydrogen (secondary N) is 1. The fourth-order valence-electron chi connectivity index (χ4n) is 6.22. The third-order valence-electron chi connectivity index (χ3n) is 9.91. The molecule has 0 fully saturated rings. The Morgan fingerprint density at radius 2 is 1.09 bits per heavy atom. The van der Waals surface area contributed by atoms with E-state index in [-0.39, 0.29) is 27.6 Å². The van der Waals surface area contributed by atoms with E-state index in [1.807, 2.05) is 12.1 Å². The van der Waals surface area contributed by atoms with Gasteiger partial charge in [0.15, 0.2) is 23.0 Å². The maximum absolute atomic E-state index is 11.3. The number of amides is 1. The zero-order chi connectivity index (χ0) is 41.6. The van der Waals surface area contributed by atoms with E-state index < -0.39 is 0 Å². The first kappa shape index (κ1) is 43.3. The zero-order valence-corrected chi connectivity index (χ0v) is 36.4. The van der Waals surface area contributed by atoms with Crippen LogP contribution in [0.4, 0.5) is 5.69 Å². The first-order valence-corrected chi connectivity index (χ1v) is 20.3. The molecule has 0 bridgehead atoms. The molecule has 10 heteroatoms. The van der Waals surface area contributed by atoms with Crippen LogP contribution in [0.15, 0.2) is 54.7 Å². The number of carbonyl (C=O) groups excluding carboxylic acids is 1. The number of pyridine rings is 1. The van der Waals surface area contributed by atoms with Gasteiger partial charge in [-0.3, -0.25) is 9.78 Å². The Morgan fingerprint density at radius 3 is 1.72 bits per heavy atom. The maximum Gasteiger partial charge on any atom is 0.236 e. The van der Waals surface area contributed by atoms with Crippen LogP contribution in [0.1, 0.15) is 130 Å². The van der Waals surface area contributed by atoms with E-state index in [0.29, 0.717) is 32.8 Å². The molecule has 4 aromatic rings. The zero-order valence-electron chi connectivity index (χ0n) is 36.4. The highest BCUT2D eigenvalue weighted by Crippen LogP contribution is 2.36. The third-order valence-corrected chi connectivity index (χ3v) is 9.91. The van der Waals surface area contributed by atoms with Crippen molar-refractivity contribution in [3.05, 3.63) is 88.4 Å². The molecule has 0 atom stereocenters. The van der Waals surface area contributed by atoms with Gasteiger partial charge in [-0.05, 0) is 71.0 Å². The van der Waals surface area contributed by atoms with Gasteiger partial charge in [0.1, 0.15) is 26.4 Å². The van der Waals surface area contributed by atoms with Gasteiger partial charge < -0.3 is 29.0 Å². The Kier molecular flexibility index (Phi) is 13.5. The number of aromatic nitrogens is 3. The average molecular weight is 781 g/mol. The minimum atomic E-state index is 0.0514. The molecule has 4 aliphatic heterocycles. The van der Waals surface area contributed by atoms with Crippen molar-refractivity contribution in [1.29, 1.82) is 0 Å². The Morgan fingerprint density at radius 1 is 0.509 bits per heavy atom. The predicted octanol–water partition coefficient (Wildman–Crippen LogP) is 9.87. The average Bonchev–Trinajstić information content (AvgIpc) is 3.16. The van der Waals surface area contributed by atoms with Gasteiger partial charge in [0.2, 0.25) is 11.8 Å². The fraction of sp³-hybridized carbons (Fsp3) is 0.532.